The van der Waals surface area contributed by atoms with E-state index in [1.165, 1.54) is 30.3 Å². The lowest BCUT2D eigenvalue weighted by molar-refractivity contribution is -0.133. The average Bonchev–Trinajstić information content (AvgIpc) is 2.88. The molecule has 3 rings (SSSR count). The maximum atomic E-state index is 14.1. The highest BCUT2D eigenvalue weighted by molar-refractivity contribution is 7.90. The summed E-state index contributed by atoms with van der Waals surface area (Å²) < 4.78 is 55.1. The standard InChI is InChI=1S/C17H12F2O4S/c1-24(21,22)15-7-4-11(8-14(15)19)13-9-23-17(20)16(13)10-2-5-12(18)6-3-10/h2-8H,9H2,1H3. The fourth-order valence-corrected chi connectivity index (χ4v) is 3.26. The number of halogens is 2. The normalized spacial score (nSPS) is 14.9. The van der Waals surface area contributed by atoms with Crippen LogP contribution in [0.15, 0.2) is 47.4 Å². The lowest BCUT2D eigenvalue weighted by Gasteiger charge is -2.07. The SMILES string of the molecule is CS(=O)(=O)c1ccc(C2=C(c3ccc(F)cc3)C(=O)OC2)cc1F. The Morgan fingerprint density at radius 3 is 2.21 bits per heavy atom. The van der Waals surface area contributed by atoms with Crippen molar-refractivity contribution in [2.75, 3.05) is 12.9 Å². The van der Waals surface area contributed by atoms with Crippen molar-refractivity contribution in [2.24, 2.45) is 0 Å². The molecule has 1 heterocycles. The third-order valence-corrected chi connectivity index (χ3v) is 4.80. The Morgan fingerprint density at radius 1 is 1.00 bits per heavy atom. The summed E-state index contributed by atoms with van der Waals surface area (Å²) in [6.45, 7) is -0.0663. The second-order valence-corrected chi connectivity index (χ2v) is 7.34. The lowest BCUT2D eigenvalue weighted by Crippen LogP contribution is -2.02. The van der Waals surface area contributed by atoms with Gasteiger partial charge in [0.25, 0.3) is 0 Å². The average molecular weight is 350 g/mol. The smallest absolute Gasteiger partial charge is 0.339 e. The third kappa shape index (κ3) is 2.94. The fourth-order valence-electron chi connectivity index (χ4n) is 2.53. The summed E-state index contributed by atoms with van der Waals surface area (Å²) in [5, 5.41) is 0. The van der Waals surface area contributed by atoms with E-state index < -0.39 is 32.3 Å². The minimum Gasteiger partial charge on any atom is -0.457 e. The molecular formula is C17H12F2O4S. The molecule has 0 aliphatic carbocycles. The number of sulfone groups is 1. The molecule has 0 unspecified atom stereocenters. The number of esters is 1. The Morgan fingerprint density at radius 2 is 1.62 bits per heavy atom. The molecule has 0 fully saturated rings. The van der Waals surface area contributed by atoms with E-state index in [1.807, 2.05) is 0 Å². The van der Waals surface area contributed by atoms with Crippen molar-refractivity contribution < 1.29 is 26.7 Å². The number of cyclic esters (lactones) is 1. The zero-order valence-corrected chi connectivity index (χ0v) is 13.4. The summed E-state index contributed by atoms with van der Waals surface area (Å²) in [5.41, 5.74) is 1.42. The van der Waals surface area contributed by atoms with Gasteiger partial charge in [0, 0.05) is 11.8 Å². The van der Waals surface area contributed by atoms with Crippen LogP contribution in [0.2, 0.25) is 0 Å². The van der Waals surface area contributed by atoms with Crippen molar-refractivity contribution in [3.05, 3.63) is 65.2 Å². The summed E-state index contributed by atoms with van der Waals surface area (Å²) in [4.78, 5) is 11.6. The Kier molecular flexibility index (Phi) is 3.96. The van der Waals surface area contributed by atoms with Gasteiger partial charge in [0.15, 0.2) is 9.84 Å². The van der Waals surface area contributed by atoms with E-state index in [4.69, 9.17) is 4.74 Å². The summed E-state index contributed by atoms with van der Waals surface area (Å²) >= 11 is 0. The highest BCUT2D eigenvalue weighted by Gasteiger charge is 2.28. The molecule has 7 heteroatoms. The number of hydrogen-bond acceptors (Lipinski definition) is 4. The molecule has 2 aromatic rings. The molecule has 0 N–H and O–H groups in total. The maximum Gasteiger partial charge on any atom is 0.339 e. The molecule has 0 aromatic heterocycles. The molecule has 1 aliphatic rings. The minimum absolute atomic E-state index is 0.0663. The van der Waals surface area contributed by atoms with Crippen LogP contribution in [0.4, 0.5) is 8.78 Å². The van der Waals surface area contributed by atoms with Gasteiger partial charge in [0.2, 0.25) is 0 Å². The van der Waals surface area contributed by atoms with Crippen LogP contribution in [0, 0.1) is 11.6 Å². The second-order valence-electron chi connectivity index (χ2n) is 5.35. The predicted molar refractivity (Wildman–Crippen MR) is 83.7 cm³/mol. The van der Waals surface area contributed by atoms with E-state index in [1.54, 1.807) is 0 Å². The molecule has 24 heavy (non-hydrogen) atoms. The molecule has 0 bridgehead atoms. The van der Waals surface area contributed by atoms with Gasteiger partial charge in [-0.15, -0.1) is 0 Å². The van der Waals surface area contributed by atoms with Gasteiger partial charge in [0.1, 0.15) is 23.1 Å². The van der Waals surface area contributed by atoms with Crippen LogP contribution in [0.3, 0.4) is 0 Å². The summed E-state index contributed by atoms with van der Waals surface area (Å²) in [6.07, 6.45) is 0.913. The topological polar surface area (TPSA) is 60.4 Å². The quantitative estimate of drug-likeness (QED) is 0.799. The van der Waals surface area contributed by atoms with Gasteiger partial charge in [-0.1, -0.05) is 18.2 Å². The van der Waals surface area contributed by atoms with Crippen LogP contribution in [0.25, 0.3) is 11.1 Å². The molecule has 0 radical (unpaired) electrons. The van der Waals surface area contributed by atoms with Gasteiger partial charge < -0.3 is 4.74 Å². The first kappa shape index (κ1) is 16.3. The summed E-state index contributed by atoms with van der Waals surface area (Å²) in [6, 6.07) is 8.89. The lowest BCUT2D eigenvalue weighted by atomic mass is 9.96. The molecule has 124 valence electrons. The molecule has 0 saturated heterocycles. The second kappa shape index (κ2) is 5.83. The number of carbonyl (C=O) groups is 1. The Balaban J connectivity index is 2.14. The van der Waals surface area contributed by atoms with Crippen molar-refractivity contribution in [1.82, 2.24) is 0 Å². The monoisotopic (exact) mass is 350 g/mol. The summed E-state index contributed by atoms with van der Waals surface area (Å²) in [5.74, 6) is -1.94. The Labute approximate surface area is 137 Å². The van der Waals surface area contributed by atoms with Gasteiger partial charge in [0.05, 0.1) is 5.57 Å². The third-order valence-electron chi connectivity index (χ3n) is 3.67. The van der Waals surface area contributed by atoms with Gasteiger partial charge in [-0.05, 0) is 35.4 Å². The summed E-state index contributed by atoms with van der Waals surface area (Å²) in [7, 11) is -3.69. The number of carbonyl (C=O) groups excluding carboxylic acids is 1. The van der Waals surface area contributed by atoms with Gasteiger partial charge in [-0.25, -0.2) is 22.0 Å². The number of benzene rings is 2. The molecule has 0 spiro atoms. The van der Waals surface area contributed by atoms with Crippen molar-refractivity contribution in [3.8, 4) is 0 Å². The van der Waals surface area contributed by atoms with Crippen molar-refractivity contribution in [2.45, 2.75) is 4.90 Å². The Bertz CT molecular complexity index is 961. The number of hydrogen-bond donors (Lipinski definition) is 0. The first-order valence-electron chi connectivity index (χ1n) is 6.93. The highest BCUT2D eigenvalue weighted by Crippen LogP contribution is 2.34. The molecule has 0 amide bonds. The largest absolute Gasteiger partial charge is 0.457 e. The van der Waals surface area contributed by atoms with Crippen molar-refractivity contribution in [3.63, 3.8) is 0 Å². The van der Waals surface area contributed by atoms with Gasteiger partial charge in [-0.2, -0.15) is 0 Å². The minimum atomic E-state index is -3.69. The van der Waals surface area contributed by atoms with E-state index in [9.17, 15) is 22.0 Å². The van der Waals surface area contributed by atoms with Crippen molar-refractivity contribution >= 4 is 27.0 Å². The van der Waals surface area contributed by atoms with E-state index in [-0.39, 0.29) is 12.2 Å². The fraction of sp³-hybridized carbons (Fsp3) is 0.118. The highest BCUT2D eigenvalue weighted by atomic mass is 32.2. The van der Waals surface area contributed by atoms with E-state index in [0.29, 0.717) is 16.7 Å². The van der Waals surface area contributed by atoms with E-state index in [2.05, 4.69) is 0 Å². The first-order valence-corrected chi connectivity index (χ1v) is 8.82. The van der Waals surface area contributed by atoms with Crippen LogP contribution in [-0.2, 0) is 19.4 Å². The molecular weight excluding hydrogens is 338 g/mol. The van der Waals surface area contributed by atoms with Crippen LogP contribution >= 0.6 is 0 Å². The van der Waals surface area contributed by atoms with Crippen LogP contribution < -0.4 is 0 Å². The maximum absolute atomic E-state index is 14.1. The predicted octanol–water partition coefficient (Wildman–Crippen LogP) is 2.84. The van der Waals surface area contributed by atoms with Crippen molar-refractivity contribution in [1.29, 1.82) is 0 Å². The number of rotatable bonds is 3. The molecule has 4 nitrogen and oxygen atoms in total. The zero-order chi connectivity index (χ0) is 17.5. The van der Waals surface area contributed by atoms with E-state index >= 15 is 0 Å². The zero-order valence-electron chi connectivity index (χ0n) is 12.5. The first-order chi connectivity index (χ1) is 11.3. The molecule has 1 aliphatic heterocycles. The van der Waals surface area contributed by atoms with Crippen LogP contribution in [0.5, 0.6) is 0 Å². The van der Waals surface area contributed by atoms with E-state index in [0.717, 1.165) is 18.4 Å². The molecule has 0 saturated carbocycles. The van der Waals surface area contributed by atoms with Gasteiger partial charge >= 0.3 is 5.97 Å². The molecule has 0 atom stereocenters. The molecule has 2 aromatic carbocycles. The Hall–Kier alpha value is -2.54. The van der Waals surface area contributed by atoms with Crippen LogP contribution in [-0.4, -0.2) is 27.2 Å². The van der Waals surface area contributed by atoms with Crippen LogP contribution in [0.1, 0.15) is 11.1 Å². The van der Waals surface area contributed by atoms with Gasteiger partial charge in [-0.3, -0.25) is 0 Å². The number of ether oxygens (including phenoxy) is 1.